The third-order valence-corrected chi connectivity index (χ3v) is 5.37. The average Bonchev–Trinajstić information content (AvgIpc) is 3.05. The van der Waals surface area contributed by atoms with Crippen molar-refractivity contribution in [3.63, 3.8) is 0 Å². The number of phenols is 1. The van der Waals surface area contributed by atoms with Gasteiger partial charge in [-0.3, -0.25) is 14.5 Å². The minimum absolute atomic E-state index is 0.0211. The van der Waals surface area contributed by atoms with E-state index in [1.54, 1.807) is 48.5 Å². The van der Waals surface area contributed by atoms with Gasteiger partial charge in [-0.25, -0.2) is 0 Å². The summed E-state index contributed by atoms with van der Waals surface area (Å²) >= 11 is 0. The number of amides is 1. The smallest absolute Gasteiger partial charge is 0.300 e. The van der Waals surface area contributed by atoms with Crippen LogP contribution in [0.5, 0.6) is 11.5 Å². The van der Waals surface area contributed by atoms with Crippen LogP contribution in [0.3, 0.4) is 0 Å². The summed E-state index contributed by atoms with van der Waals surface area (Å²) in [6.45, 7) is 1.85. The molecular formula is C25H21NO5. The molecule has 2 N–H and O–H groups in total. The number of aliphatic hydroxyl groups excluding tert-OH is 1. The monoisotopic (exact) mass is 415 g/mol. The van der Waals surface area contributed by atoms with E-state index in [0.29, 0.717) is 22.6 Å². The zero-order valence-electron chi connectivity index (χ0n) is 17.1. The number of aliphatic hydroxyl groups is 1. The van der Waals surface area contributed by atoms with Gasteiger partial charge in [0.1, 0.15) is 17.3 Å². The largest absolute Gasteiger partial charge is 0.508 e. The number of rotatable bonds is 4. The number of anilines is 1. The van der Waals surface area contributed by atoms with E-state index in [1.807, 2.05) is 19.1 Å². The summed E-state index contributed by atoms with van der Waals surface area (Å²) in [5, 5.41) is 20.8. The summed E-state index contributed by atoms with van der Waals surface area (Å²) in [5.74, 6) is -1.22. The van der Waals surface area contributed by atoms with E-state index >= 15 is 0 Å². The molecule has 1 saturated heterocycles. The second-order valence-corrected chi connectivity index (χ2v) is 7.28. The van der Waals surface area contributed by atoms with E-state index in [0.717, 1.165) is 5.56 Å². The quantitative estimate of drug-likeness (QED) is 0.376. The number of nitrogens with zero attached hydrogens (tertiary/aromatic N) is 1. The Morgan fingerprint density at radius 1 is 0.968 bits per heavy atom. The number of phenolic OH excluding ortho intramolecular Hbond substituents is 1. The van der Waals surface area contributed by atoms with Gasteiger partial charge in [0.2, 0.25) is 0 Å². The molecule has 0 bridgehead atoms. The Morgan fingerprint density at radius 2 is 1.68 bits per heavy atom. The Labute approximate surface area is 179 Å². The van der Waals surface area contributed by atoms with Crippen LogP contribution in [0.15, 0.2) is 78.4 Å². The minimum atomic E-state index is -0.854. The van der Waals surface area contributed by atoms with Gasteiger partial charge in [0.05, 0.1) is 18.7 Å². The highest BCUT2D eigenvalue weighted by atomic mass is 16.5. The zero-order chi connectivity index (χ0) is 22.1. The highest BCUT2D eigenvalue weighted by Crippen LogP contribution is 2.43. The van der Waals surface area contributed by atoms with Crippen LogP contribution in [0.1, 0.15) is 22.7 Å². The number of ketones is 1. The standard InChI is InChI=1S/C25H21NO5/c1-15-6-3-4-9-20(15)26-22(16-10-12-18(27)13-11-16)21(24(29)25(26)30)23(28)17-7-5-8-19(14-17)31-2/h3-14,22,27-28H,1-2H3/b23-21-. The molecule has 3 aromatic rings. The van der Waals surface area contributed by atoms with Crippen molar-refractivity contribution in [1.82, 2.24) is 0 Å². The Hall–Kier alpha value is -4.06. The molecule has 0 aliphatic carbocycles. The number of methoxy groups -OCH3 is 1. The summed E-state index contributed by atoms with van der Waals surface area (Å²) in [6.07, 6.45) is 0. The molecule has 1 atom stereocenters. The van der Waals surface area contributed by atoms with Crippen LogP contribution in [-0.2, 0) is 9.59 Å². The molecule has 1 fully saturated rings. The van der Waals surface area contributed by atoms with Crippen molar-refractivity contribution in [2.45, 2.75) is 13.0 Å². The van der Waals surface area contributed by atoms with E-state index in [1.165, 1.54) is 24.1 Å². The summed E-state index contributed by atoms with van der Waals surface area (Å²) in [5.41, 5.74) is 2.32. The number of aryl methyl sites for hydroxylation is 1. The highest BCUT2D eigenvalue weighted by Gasteiger charge is 2.47. The number of Topliss-reactive ketones (excluding diaryl/α,β-unsaturated/α-hetero) is 1. The van der Waals surface area contributed by atoms with Gasteiger partial charge in [0.25, 0.3) is 11.7 Å². The summed E-state index contributed by atoms with van der Waals surface area (Å²) in [4.78, 5) is 27.7. The van der Waals surface area contributed by atoms with Crippen molar-refractivity contribution in [2.24, 2.45) is 0 Å². The third kappa shape index (κ3) is 3.53. The Balaban J connectivity index is 1.96. The Morgan fingerprint density at radius 3 is 2.35 bits per heavy atom. The van der Waals surface area contributed by atoms with Crippen molar-refractivity contribution in [1.29, 1.82) is 0 Å². The van der Waals surface area contributed by atoms with Crippen LogP contribution < -0.4 is 9.64 Å². The number of para-hydroxylation sites is 1. The molecule has 3 aromatic carbocycles. The molecule has 1 unspecified atom stereocenters. The lowest BCUT2D eigenvalue weighted by molar-refractivity contribution is -0.132. The molecule has 0 radical (unpaired) electrons. The number of carbonyl (C=O) groups excluding carboxylic acids is 2. The molecule has 0 saturated carbocycles. The lowest BCUT2D eigenvalue weighted by Gasteiger charge is -2.26. The van der Waals surface area contributed by atoms with E-state index in [4.69, 9.17) is 4.74 Å². The average molecular weight is 415 g/mol. The van der Waals surface area contributed by atoms with Gasteiger partial charge in [-0.1, -0.05) is 42.5 Å². The van der Waals surface area contributed by atoms with Crippen LogP contribution in [-0.4, -0.2) is 29.0 Å². The van der Waals surface area contributed by atoms with Gasteiger partial charge in [-0.05, 0) is 48.4 Å². The van der Waals surface area contributed by atoms with E-state index < -0.39 is 17.7 Å². The third-order valence-electron chi connectivity index (χ3n) is 5.37. The lowest BCUT2D eigenvalue weighted by Crippen LogP contribution is -2.30. The first kappa shape index (κ1) is 20.2. The number of ether oxygens (including phenoxy) is 1. The second-order valence-electron chi connectivity index (χ2n) is 7.28. The maximum atomic E-state index is 13.1. The van der Waals surface area contributed by atoms with Crippen LogP contribution in [0, 0.1) is 6.92 Å². The van der Waals surface area contributed by atoms with E-state index in [-0.39, 0.29) is 17.1 Å². The SMILES string of the molecule is COc1cccc(/C(O)=C2/C(=O)C(=O)N(c3ccccc3C)C2c2ccc(O)cc2)c1. The minimum Gasteiger partial charge on any atom is -0.508 e. The van der Waals surface area contributed by atoms with Crippen LogP contribution in [0.2, 0.25) is 0 Å². The number of hydrogen-bond donors (Lipinski definition) is 2. The number of hydrogen-bond acceptors (Lipinski definition) is 5. The predicted molar refractivity (Wildman–Crippen MR) is 117 cm³/mol. The van der Waals surface area contributed by atoms with E-state index in [9.17, 15) is 19.8 Å². The van der Waals surface area contributed by atoms with Crippen LogP contribution in [0.4, 0.5) is 5.69 Å². The van der Waals surface area contributed by atoms with Gasteiger partial charge >= 0.3 is 0 Å². The van der Waals surface area contributed by atoms with Crippen molar-refractivity contribution in [2.75, 3.05) is 12.0 Å². The van der Waals surface area contributed by atoms with Crippen molar-refractivity contribution < 1.29 is 24.5 Å². The summed E-state index contributed by atoms with van der Waals surface area (Å²) in [7, 11) is 1.51. The van der Waals surface area contributed by atoms with Crippen molar-refractivity contribution >= 4 is 23.1 Å². The molecule has 1 amide bonds. The van der Waals surface area contributed by atoms with Gasteiger partial charge in [0, 0.05) is 11.3 Å². The Kier molecular flexibility index (Phi) is 5.21. The van der Waals surface area contributed by atoms with Gasteiger partial charge < -0.3 is 14.9 Å². The molecule has 31 heavy (non-hydrogen) atoms. The fourth-order valence-corrected chi connectivity index (χ4v) is 3.81. The number of aromatic hydroxyl groups is 1. The Bertz CT molecular complexity index is 1200. The number of benzene rings is 3. The molecular weight excluding hydrogens is 394 g/mol. The molecule has 4 rings (SSSR count). The molecule has 1 heterocycles. The van der Waals surface area contributed by atoms with Gasteiger partial charge in [-0.2, -0.15) is 0 Å². The maximum absolute atomic E-state index is 13.1. The normalized spacial score (nSPS) is 17.7. The first-order chi connectivity index (χ1) is 14.9. The van der Waals surface area contributed by atoms with Crippen molar-refractivity contribution in [3.05, 3.63) is 95.1 Å². The van der Waals surface area contributed by atoms with Crippen molar-refractivity contribution in [3.8, 4) is 11.5 Å². The van der Waals surface area contributed by atoms with Crippen LogP contribution in [0.25, 0.3) is 5.76 Å². The molecule has 1 aliphatic rings. The zero-order valence-corrected chi connectivity index (χ0v) is 17.1. The van der Waals surface area contributed by atoms with Gasteiger partial charge in [-0.15, -0.1) is 0 Å². The fraction of sp³-hybridized carbons (Fsp3) is 0.120. The molecule has 1 aliphatic heterocycles. The van der Waals surface area contributed by atoms with Gasteiger partial charge in [0.15, 0.2) is 0 Å². The maximum Gasteiger partial charge on any atom is 0.300 e. The molecule has 6 nitrogen and oxygen atoms in total. The summed E-state index contributed by atoms with van der Waals surface area (Å²) in [6, 6.07) is 19.3. The highest BCUT2D eigenvalue weighted by molar-refractivity contribution is 6.51. The number of carbonyl (C=O) groups is 2. The molecule has 0 spiro atoms. The van der Waals surface area contributed by atoms with Crippen LogP contribution >= 0.6 is 0 Å². The lowest BCUT2D eigenvalue weighted by atomic mass is 9.94. The first-order valence-electron chi connectivity index (χ1n) is 9.72. The second kappa shape index (κ2) is 7.99. The molecule has 0 aromatic heterocycles. The fourth-order valence-electron chi connectivity index (χ4n) is 3.81. The molecule has 156 valence electrons. The first-order valence-corrected chi connectivity index (χ1v) is 9.72. The predicted octanol–water partition coefficient (Wildman–Crippen LogP) is 4.34. The summed E-state index contributed by atoms with van der Waals surface area (Å²) < 4.78 is 5.22. The van der Waals surface area contributed by atoms with E-state index in [2.05, 4.69) is 0 Å². The topological polar surface area (TPSA) is 87.1 Å². The molecule has 6 heteroatoms.